The lowest BCUT2D eigenvalue weighted by molar-refractivity contribution is -0.119. The van der Waals surface area contributed by atoms with Crippen LogP contribution >= 0.6 is 0 Å². The first-order valence-electron chi connectivity index (χ1n) is 4.64. The monoisotopic (exact) mass is 214 g/mol. The third kappa shape index (κ3) is 3.69. The number of nitrogens with zero attached hydrogens (tertiary/aromatic N) is 2. The van der Waals surface area contributed by atoms with E-state index in [1.54, 1.807) is 24.3 Å². The quantitative estimate of drug-likeness (QED) is 0.718. The van der Waals surface area contributed by atoms with Gasteiger partial charge >= 0.3 is 0 Å². The number of rotatable bonds is 4. The average Bonchev–Trinajstić information content (AvgIpc) is 2.34. The van der Waals surface area contributed by atoms with Crippen molar-refractivity contribution in [2.24, 2.45) is 0 Å². The van der Waals surface area contributed by atoms with Gasteiger partial charge in [0, 0.05) is 5.69 Å². The Labute approximate surface area is 93.3 Å². The maximum absolute atomic E-state index is 11.1. The molecule has 0 radical (unpaired) electrons. The fourth-order valence-corrected chi connectivity index (χ4v) is 1.05. The van der Waals surface area contributed by atoms with Crippen molar-refractivity contribution in [1.82, 2.24) is 5.32 Å². The van der Waals surface area contributed by atoms with Crippen molar-refractivity contribution in [1.29, 1.82) is 10.5 Å². The van der Waals surface area contributed by atoms with Crippen molar-refractivity contribution in [2.75, 3.05) is 18.4 Å². The lowest BCUT2D eigenvalue weighted by Crippen LogP contribution is -2.29. The van der Waals surface area contributed by atoms with E-state index in [4.69, 9.17) is 10.5 Å². The molecule has 1 aromatic rings. The van der Waals surface area contributed by atoms with Crippen LogP contribution in [0.4, 0.5) is 5.69 Å². The molecule has 1 aromatic carbocycles. The number of carbonyl (C=O) groups is 1. The molecule has 80 valence electrons. The van der Waals surface area contributed by atoms with E-state index in [0.29, 0.717) is 5.56 Å². The fourth-order valence-electron chi connectivity index (χ4n) is 1.05. The lowest BCUT2D eigenvalue weighted by atomic mass is 10.2. The van der Waals surface area contributed by atoms with Crippen LogP contribution < -0.4 is 10.6 Å². The number of hydrogen-bond donors (Lipinski definition) is 2. The van der Waals surface area contributed by atoms with Gasteiger partial charge < -0.3 is 10.6 Å². The molecule has 0 aliphatic rings. The zero-order valence-corrected chi connectivity index (χ0v) is 8.53. The predicted octanol–water partition coefficient (Wildman–Crippen LogP) is 0.610. The summed E-state index contributed by atoms with van der Waals surface area (Å²) in [6.45, 7) is 0.113. The Morgan fingerprint density at radius 2 is 1.94 bits per heavy atom. The van der Waals surface area contributed by atoms with Crippen LogP contribution in [0.2, 0.25) is 0 Å². The Hall–Kier alpha value is -2.53. The van der Waals surface area contributed by atoms with E-state index in [9.17, 15) is 4.79 Å². The van der Waals surface area contributed by atoms with Crippen LogP contribution in [-0.2, 0) is 4.79 Å². The van der Waals surface area contributed by atoms with Gasteiger partial charge in [-0.25, -0.2) is 0 Å². The molecule has 5 heteroatoms. The van der Waals surface area contributed by atoms with E-state index in [2.05, 4.69) is 10.6 Å². The van der Waals surface area contributed by atoms with Crippen molar-refractivity contribution >= 4 is 11.6 Å². The number of carbonyl (C=O) groups excluding carboxylic acids is 1. The molecule has 0 aliphatic heterocycles. The summed E-state index contributed by atoms with van der Waals surface area (Å²) < 4.78 is 0. The van der Waals surface area contributed by atoms with Crippen LogP contribution in [0.15, 0.2) is 24.3 Å². The minimum atomic E-state index is -0.245. The summed E-state index contributed by atoms with van der Waals surface area (Å²) in [6.07, 6.45) is 0. The van der Waals surface area contributed by atoms with Gasteiger partial charge in [-0.15, -0.1) is 0 Å². The summed E-state index contributed by atoms with van der Waals surface area (Å²) in [4.78, 5) is 11.1. The smallest absolute Gasteiger partial charge is 0.240 e. The molecule has 2 N–H and O–H groups in total. The second-order valence-corrected chi connectivity index (χ2v) is 2.98. The molecule has 16 heavy (non-hydrogen) atoms. The summed E-state index contributed by atoms with van der Waals surface area (Å²) >= 11 is 0. The van der Waals surface area contributed by atoms with Crippen molar-refractivity contribution in [3.8, 4) is 12.1 Å². The molecular formula is C11H10N4O. The fraction of sp³-hybridized carbons (Fsp3) is 0.182. The number of anilines is 1. The zero-order chi connectivity index (χ0) is 11.8. The third-order valence-electron chi connectivity index (χ3n) is 1.83. The number of amides is 1. The molecule has 0 unspecified atom stereocenters. The highest BCUT2D eigenvalue weighted by Crippen LogP contribution is 2.07. The lowest BCUT2D eigenvalue weighted by Gasteiger charge is -2.05. The van der Waals surface area contributed by atoms with Crippen LogP contribution in [0.5, 0.6) is 0 Å². The van der Waals surface area contributed by atoms with Gasteiger partial charge in [-0.2, -0.15) is 10.5 Å². The van der Waals surface area contributed by atoms with E-state index in [-0.39, 0.29) is 19.0 Å². The summed E-state index contributed by atoms with van der Waals surface area (Å²) in [7, 11) is 0. The van der Waals surface area contributed by atoms with Gasteiger partial charge in [0.25, 0.3) is 0 Å². The Morgan fingerprint density at radius 3 is 2.50 bits per heavy atom. The van der Waals surface area contributed by atoms with Crippen molar-refractivity contribution in [3.63, 3.8) is 0 Å². The van der Waals surface area contributed by atoms with Crippen LogP contribution in [0.25, 0.3) is 0 Å². The number of benzene rings is 1. The Kier molecular flexibility index (Phi) is 4.36. The molecule has 0 atom stereocenters. The Balaban J connectivity index is 2.40. The highest BCUT2D eigenvalue weighted by Gasteiger charge is 1.99. The van der Waals surface area contributed by atoms with Crippen molar-refractivity contribution in [3.05, 3.63) is 29.8 Å². The largest absolute Gasteiger partial charge is 0.376 e. The molecule has 0 saturated heterocycles. The minimum absolute atomic E-state index is 0.00782. The van der Waals surface area contributed by atoms with Crippen LogP contribution in [0, 0.1) is 22.7 Å². The van der Waals surface area contributed by atoms with Crippen LogP contribution in [0.3, 0.4) is 0 Å². The van der Waals surface area contributed by atoms with E-state index in [1.807, 2.05) is 12.1 Å². The Bertz CT molecular complexity index is 439. The summed E-state index contributed by atoms with van der Waals surface area (Å²) in [5.41, 5.74) is 1.32. The SMILES string of the molecule is N#CCNC(=O)CNc1ccc(C#N)cc1. The van der Waals surface area contributed by atoms with Crippen LogP contribution in [0.1, 0.15) is 5.56 Å². The molecule has 5 nitrogen and oxygen atoms in total. The van der Waals surface area contributed by atoms with E-state index < -0.39 is 0 Å². The molecule has 0 aromatic heterocycles. The predicted molar refractivity (Wildman–Crippen MR) is 58.3 cm³/mol. The maximum atomic E-state index is 11.1. The Morgan fingerprint density at radius 1 is 1.25 bits per heavy atom. The second kappa shape index (κ2) is 6.05. The molecule has 0 fully saturated rings. The first-order valence-corrected chi connectivity index (χ1v) is 4.64. The molecule has 0 aliphatic carbocycles. The third-order valence-corrected chi connectivity index (χ3v) is 1.83. The van der Waals surface area contributed by atoms with Gasteiger partial charge in [-0.3, -0.25) is 4.79 Å². The van der Waals surface area contributed by atoms with Gasteiger partial charge in [-0.1, -0.05) is 0 Å². The average molecular weight is 214 g/mol. The van der Waals surface area contributed by atoms with E-state index in [0.717, 1.165) is 5.69 Å². The summed E-state index contributed by atoms with van der Waals surface area (Å²) in [5.74, 6) is -0.245. The molecule has 1 rings (SSSR count). The first-order chi connectivity index (χ1) is 7.76. The number of nitrogens with one attached hydrogen (secondary N) is 2. The van der Waals surface area contributed by atoms with Crippen LogP contribution in [-0.4, -0.2) is 19.0 Å². The normalized spacial score (nSPS) is 8.62. The molecule has 0 heterocycles. The van der Waals surface area contributed by atoms with Crippen molar-refractivity contribution in [2.45, 2.75) is 0 Å². The highest BCUT2D eigenvalue weighted by atomic mass is 16.1. The summed E-state index contributed by atoms with van der Waals surface area (Å²) in [5, 5.41) is 22.1. The van der Waals surface area contributed by atoms with Gasteiger partial charge in [0.1, 0.15) is 6.54 Å². The van der Waals surface area contributed by atoms with Gasteiger partial charge in [0.2, 0.25) is 5.91 Å². The van der Waals surface area contributed by atoms with E-state index in [1.165, 1.54) is 0 Å². The molecule has 0 saturated carbocycles. The minimum Gasteiger partial charge on any atom is -0.376 e. The summed E-state index contributed by atoms with van der Waals surface area (Å²) in [6, 6.07) is 10.6. The number of nitriles is 2. The maximum Gasteiger partial charge on any atom is 0.240 e. The van der Waals surface area contributed by atoms with Gasteiger partial charge in [0.15, 0.2) is 0 Å². The van der Waals surface area contributed by atoms with Gasteiger partial charge in [-0.05, 0) is 24.3 Å². The van der Waals surface area contributed by atoms with E-state index >= 15 is 0 Å². The standard InChI is InChI=1S/C11H10N4O/c12-5-6-14-11(16)8-15-10-3-1-9(7-13)2-4-10/h1-4,15H,6,8H2,(H,14,16). The second-order valence-electron chi connectivity index (χ2n) is 2.98. The topological polar surface area (TPSA) is 88.7 Å². The molecule has 1 amide bonds. The first kappa shape index (κ1) is 11.5. The number of hydrogen-bond acceptors (Lipinski definition) is 4. The molecule has 0 bridgehead atoms. The zero-order valence-electron chi connectivity index (χ0n) is 8.53. The molecular weight excluding hydrogens is 204 g/mol. The molecule has 0 spiro atoms. The van der Waals surface area contributed by atoms with Crippen molar-refractivity contribution < 1.29 is 4.79 Å². The van der Waals surface area contributed by atoms with Gasteiger partial charge in [0.05, 0.1) is 24.2 Å². The highest BCUT2D eigenvalue weighted by molar-refractivity contribution is 5.80.